The first-order valence-electron chi connectivity index (χ1n) is 12.6. The predicted octanol–water partition coefficient (Wildman–Crippen LogP) is 6.30. The van der Waals surface area contributed by atoms with Crippen LogP contribution >= 0.6 is 46.4 Å². The average molecular weight is 521 g/mol. The quantitative estimate of drug-likeness (QED) is 0.342. The number of halogens is 4. The molecule has 2 heterocycles. The second-order valence-corrected chi connectivity index (χ2v) is 12.8. The highest BCUT2D eigenvalue weighted by molar-refractivity contribution is 6.39. The fraction of sp³-hybridized carbons (Fsp3) is 0.840. The number of amides is 1. The van der Waals surface area contributed by atoms with Crippen LogP contribution in [-0.2, 0) is 4.79 Å². The van der Waals surface area contributed by atoms with Gasteiger partial charge in [0.05, 0.1) is 27.4 Å². The molecule has 180 valence electrons. The zero-order valence-corrected chi connectivity index (χ0v) is 21.6. The molecule has 0 aromatic carbocycles. The minimum Gasteiger partial charge on any atom is -0.451 e. The van der Waals surface area contributed by atoms with Crippen molar-refractivity contribution in [2.24, 2.45) is 29.6 Å². The molecule has 7 heteroatoms. The smallest absolute Gasteiger partial charge is 0.229 e. The van der Waals surface area contributed by atoms with E-state index in [1.165, 1.54) is 57.8 Å². The van der Waals surface area contributed by atoms with E-state index >= 15 is 0 Å². The standard InChI is InChI=1S/C25H35Cl4N2O/c1-31-14(10-11-16-15(8-5-9-18(16)31)13-6-3-2-4-7-13)12-17-19-20(25(32)30-17)22(27)24(29)23(28)21(19)26/h12-16,18-24H,1-11H2,(H,30,32)/q-1/b17-12-. The van der Waals surface area contributed by atoms with Crippen LogP contribution in [-0.4, -0.2) is 44.4 Å². The van der Waals surface area contributed by atoms with Crippen molar-refractivity contribution in [2.75, 3.05) is 0 Å². The highest BCUT2D eigenvalue weighted by Crippen LogP contribution is 2.50. The maximum absolute atomic E-state index is 12.8. The van der Waals surface area contributed by atoms with Gasteiger partial charge in [-0.2, -0.15) is 0 Å². The zero-order chi connectivity index (χ0) is 22.6. The van der Waals surface area contributed by atoms with E-state index in [0.717, 1.165) is 29.9 Å². The Bertz CT molecular complexity index is 741. The van der Waals surface area contributed by atoms with Gasteiger partial charge in [0.2, 0.25) is 5.91 Å². The molecular formula is C25H35Cl4N2O-. The van der Waals surface area contributed by atoms with Gasteiger partial charge in [-0.1, -0.05) is 44.6 Å². The van der Waals surface area contributed by atoms with Gasteiger partial charge in [-0.05, 0) is 49.5 Å². The van der Waals surface area contributed by atoms with Crippen molar-refractivity contribution >= 4 is 52.3 Å². The molecule has 5 fully saturated rings. The molecule has 3 aliphatic carbocycles. The number of nitrogens with zero attached hydrogens (tertiary/aromatic N) is 1. The van der Waals surface area contributed by atoms with Crippen LogP contribution in [0.3, 0.4) is 0 Å². The van der Waals surface area contributed by atoms with Gasteiger partial charge in [0, 0.05) is 17.7 Å². The fourth-order valence-electron chi connectivity index (χ4n) is 7.68. The maximum Gasteiger partial charge on any atom is 0.229 e. The number of carbonyl (C=O) groups is 1. The van der Waals surface area contributed by atoms with Crippen LogP contribution in [0.15, 0.2) is 11.8 Å². The lowest BCUT2D eigenvalue weighted by atomic mass is 9.63. The Balaban J connectivity index is 1.34. The molecule has 0 spiro atoms. The molecule has 0 aromatic heterocycles. The van der Waals surface area contributed by atoms with Crippen LogP contribution in [0.25, 0.3) is 0 Å². The van der Waals surface area contributed by atoms with Gasteiger partial charge in [0.15, 0.2) is 0 Å². The number of rotatable bonds is 2. The normalized spacial score (nSPS) is 49.5. The Kier molecular flexibility index (Phi) is 7.34. The first kappa shape index (κ1) is 24.0. The van der Waals surface area contributed by atoms with Crippen LogP contribution in [0.5, 0.6) is 0 Å². The minimum absolute atomic E-state index is 0.0829. The van der Waals surface area contributed by atoms with Gasteiger partial charge in [0.25, 0.3) is 0 Å². The number of piperidine rings is 1. The second kappa shape index (κ2) is 9.76. The van der Waals surface area contributed by atoms with Crippen molar-refractivity contribution in [1.29, 1.82) is 0 Å². The number of carbonyl (C=O) groups excluding carboxylic acids is 1. The topological polar surface area (TPSA) is 32.3 Å². The molecule has 1 amide bonds. The molecule has 3 nitrogen and oxygen atoms in total. The number of likely N-dealkylation sites (tertiary alicyclic amines) is 1. The van der Waals surface area contributed by atoms with E-state index in [1.54, 1.807) is 0 Å². The van der Waals surface area contributed by atoms with E-state index in [-0.39, 0.29) is 17.9 Å². The van der Waals surface area contributed by atoms with E-state index in [4.69, 9.17) is 46.4 Å². The van der Waals surface area contributed by atoms with E-state index in [0.29, 0.717) is 6.04 Å². The van der Waals surface area contributed by atoms with Crippen LogP contribution in [0, 0.1) is 36.6 Å². The molecule has 0 aromatic rings. The Morgan fingerprint density at radius 2 is 1.47 bits per heavy atom. The number of alkyl halides is 4. The summed E-state index contributed by atoms with van der Waals surface area (Å²) in [5.41, 5.74) is 0.872. The first-order valence-corrected chi connectivity index (χ1v) is 14.3. The average Bonchev–Trinajstić information content (AvgIpc) is 3.14. The SMILES string of the molecule is [CH2-]N1C(/C=C2\NC(=O)C3C(Cl)C(Cl)C(Cl)C(Cl)C23)CCC2C(C3CCCCC3)CCCC21. The molecule has 32 heavy (non-hydrogen) atoms. The summed E-state index contributed by atoms with van der Waals surface area (Å²) < 4.78 is 0. The lowest BCUT2D eigenvalue weighted by molar-refractivity contribution is -0.123. The molecule has 5 rings (SSSR count). The summed E-state index contributed by atoms with van der Waals surface area (Å²) in [4.78, 5) is 15.1. The van der Waals surface area contributed by atoms with Crippen LogP contribution < -0.4 is 5.32 Å². The van der Waals surface area contributed by atoms with Crippen molar-refractivity contribution in [3.05, 3.63) is 18.8 Å². The van der Waals surface area contributed by atoms with Crippen LogP contribution in [0.2, 0.25) is 0 Å². The number of nitrogens with one attached hydrogen (secondary N) is 1. The van der Waals surface area contributed by atoms with Crippen molar-refractivity contribution in [1.82, 2.24) is 10.2 Å². The summed E-state index contributed by atoms with van der Waals surface area (Å²) in [5, 5.41) is 1.14. The predicted molar refractivity (Wildman–Crippen MR) is 133 cm³/mol. The van der Waals surface area contributed by atoms with E-state index < -0.39 is 27.4 Å². The van der Waals surface area contributed by atoms with Gasteiger partial charge in [-0.15, -0.1) is 46.4 Å². The fourth-order valence-corrected chi connectivity index (χ4v) is 9.33. The van der Waals surface area contributed by atoms with Gasteiger partial charge >= 0.3 is 0 Å². The Morgan fingerprint density at radius 1 is 0.781 bits per heavy atom. The number of fused-ring (bicyclic) bond motifs is 2. The Morgan fingerprint density at radius 3 is 2.19 bits per heavy atom. The Hall–Kier alpha value is 0.330. The van der Waals surface area contributed by atoms with Gasteiger partial charge in [-0.25, -0.2) is 0 Å². The summed E-state index contributed by atoms with van der Waals surface area (Å²) >= 11 is 26.2. The molecule has 2 saturated heterocycles. The first-order chi connectivity index (χ1) is 15.4. The summed E-state index contributed by atoms with van der Waals surface area (Å²) in [6.45, 7) is 0. The van der Waals surface area contributed by atoms with E-state index in [2.05, 4.69) is 23.3 Å². The second-order valence-electron chi connectivity index (χ2n) is 10.8. The zero-order valence-electron chi connectivity index (χ0n) is 18.6. The number of hydrogen-bond donors (Lipinski definition) is 1. The Labute approximate surface area is 212 Å². The molecule has 1 N–H and O–H groups in total. The van der Waals surface area contributed by atoms with Crippen molar-refractivity contribution in [3.8, 4) is 0 Å². The largest absolute Gasteiger partial charge is 0.451 e. The molecule has 10 unspecified atom stereocenters. The molecule has 5 aliphatic rings. The van der Waals surface area contributed by atoms with Crippen molar-refractivity contribution < 1.29 is 4.79 Å². The lowest BCUT2D eigenvalue weighted by Crippen LogP contribution is -2.52. The van der Waals surface area contributed by atoms with Crippen molar-refractivity contribution in [2.45, 2.75) is 97.8 Å². The summed E-state index contributed by atoms with van der Waals surface area (Å²) in [6.07, 6.45) is 15.5. The molecule has 3 saturated carbocycles. The molecular weight excluding hydrogens is 486 g/mol. The van der Waals surface area contributed by atoms with E-state index in [9.17, 15) is 4.79 Å². The monoisotopic (exact) mass is 519 g/mol. The van der Waals surface area contributed by atoms with Crippen molar-refractivity contribution in [3.63, 3.8) is 0 Å². The van der Waals surface area contributed by atoms with Gasteiger partial charge in [-0.3, -0.25) is 11.8 Å². The number of hydrogen-bond acceptors (Lipinski definition) is 2. The summed E-state index contributed by atoms with van der Waals surface area (Å²) in [7, 11) is 4.54. The number of allylic oxidation sites excluding steroid dienone is 1. The van der Waals surface area contributed by atoms with Gasteiger partial charge in [0.1, 0.15) is 0 Å². The third-order valence-electron chi connectivity index (χ3n) is 9.27. The molecule has 10 atom stereocenters. The molecule has 0 radical (unpaired) electrons. The summed E-state index contributed by atoms with van der Waals surface area (Å²) in [5.74, 6) is 1.82. The highest BCUT2D eigenvalue weighted by atomic mass is 35.5. The third-order valence-corrected chi connectivity index (χ3v) is 11.8. The molecule has 2 aliphatic heterocycles. The van der Waals surface area contributed by atoms with Crippen LogP contribution in [0.4, 0.5) is 0 Å². The summed E-state index contributed by atoms with van der Waals surface area (Å²) in [6, 6.07) is 0.738. The highest BCUT2D eigenvalue weighted by Gasteiger charge is 2.56. The maximum atomic E-state index is 12.8. The van der Waals surface area contributed by atoms with E-state index in [1.807, 2.05) is 0 Å². The van der Waals surface area contributed by atoms with Crippen LogP contribution in [0.1, 0.15) is 64.2 Å². The molecule has 0 bridgehead atoms. The lowest BCUT2D eigenvalue weighted by Gasteiger charge is -2.55. The minimum atomic E-state index is -0.522. The third kappa shape index (κ3) is 4.15. The van der Waals surface area contributed by atoms with Gasteiger partial charge < -0.3 is 10.2 Å².